The van der Waals surface area contributed by atoms with Crippen LogP contribution >= 0.6 is 11.3 Å². The van der Waals surface area contributed by atoms with Gasteiger partial charge in [0.05, 0.1) is 11.6 Å². The number of carboxylic acids is 1. The number of nitriles is 2. The molecule has 0 aliphatic heterocycles. The van der Waals surface area contributed by atoms with Crippen molar-refractivity contribution in [1.29, 1.82) is 10.5 Å². The van der Waals surface area contributed by atoms with Crippen LogP contribution in [0.3, 0.4) is 0 Å². The average molecular weight is 348 g/mol. The van der Waals surface area contributed by atoms with Crippen LogP contribution < -0.4 is 0 Å². The largest absolute Gasteiger partial charge is 0.477 e. The number of carbonyl (C=O) groups is 1. The molecule has 4 nitrogen and oxygen atoms in total. The molecule has 3 rings (SSSR count). The summed E-state index contributed by atoms with van der Waals surface area (Å²) in [7, 11) is 0. The fourth-order valence-corrected chi connectivity index (χ4v) is 4.38. The lowest BCUT2D eigenvalue weighted by Crippen LogP contribution is -1.98. The Labute approximate surface area is 150 Å². The van der Waals surface area contributed by atoms with Crippen molar-refractivity contribution in [3.05, 3.63) is 56.8 Å². The molecule has 1 heterocycles. The molecule has 0 amide bonds. The lowest BCUT2D eigenvalue weighted by Gasteiger charge is -2.12. The first-order chi connectivity index (χ1) is 12.1. The number of benzene rings is 1. The predicted molar refractivity (Wildman–Crippen MR) is 96.5 cm³/mol. The smallest absolute Gasteiger partial charge is 0.346 e. The van der Waals surface area contributed by atoms with Crippen LogP contribution in [0.5, 0.6) is 0 Å². The summed E-state index contributed by atoms with van der Waals surface area (Å²) in [6, 6.07) is 12.0. The van der Waals surface area contributed by atoms with Gasteiger partial charge in [-0.05, 0) is 30.4 Å². The van der Waals surface area contributed by atoms with E-state index in [4.69, 9.17) is 0 Å². The van der Waals surface area contributed by atoms with Crippen LogP contribution in [0.1, 0.15) is 51.4 Å². The maximum Gasteiger partial charge on any atom is 0.346 e. The maximum absolute atomic E-state index is 11.6. The molecule has 0 saturated heterocycles. The van der Waals surface area contributed by atoms with Crippen molar-refractivity contribution in [2.75, 3.05) is 0 Å². The molecule has 0 bridgehead atoms. The van der Waals surface area contributed by atoms with Crippen LogP contribution in [0.15, 0.2) is 35.9 Å². The number of nitrogens with zero attached hydrogens (tertiary/aromatic N) is 2. The van der Waals surface area contributed by atoms with Crippen LogP contribution in [0.25, 0.3) is 11.1 Å². The summed E-state index contributed by atoms with van der Waals surface area (Å²) in [6.45, 7) is 1.92. The third kappa shape index (κ3) is 2.95. The topological polar surface area (TPSA) is 84.9 Å². The molecule has 1 N–H and O–H groups in total. The maximum atomic E-state index is 11.6. The first-order valence-electron chi connectivity index (χ1n) is 8.10. The summed E-state index contributed by atoms with van der Waals surface area (Å²) in [5.74, 6) is -0.895. The molecule has 2 aromatic rings. The van der Waals surface area contributed by atoms with E-state index in [0.717, 1.165) is 34.4 Å². The predicted octanol–water partition coefficient (Wildman–Crippen LogP) is 4.87. The average Bonchev–Trinajstić information content (AvgIpc) is 3.25. The first kappa shape index (κ1) is 17.0. The number of aromatic carboxylic acids is 1. The van der Waals surface area contributed by atoms with E-state index in [1.54, 1.807) is 0 Å². The monoisotopic (exact) mass is 348 g/mol. The van der Waals surface area contributed by atoms with Crippen molar-refractivity contribution < 1.29 is 9.90 Å². The zero-order valence-corrected chi connectivity index (χ0v) is 14.6. The molecule has 0 spiro atoms. The van der Waals surface area contributed by atoms with E-state index in [9.17, 15) is 20.4 Å². The molecule has 0 saturated carbocycles. The van der Waals surface area contributed by atoms with Crippen molar-refractivity contribution in [3.63, 3.8) is 0 Å². The van der Waals surface area contributed by atoms with Gasteiger partial charge >= 0.3 is 5.97 Å². The Balaban J connectivity index is 2.05. The highest BCUT2D eigenvalue weighted by Gasteiger charge is 2.24. The fraction of sp³-hybridized carbons (Fsp3) is 0.250. The molecular weight excluding hydrogens is 332 g/mol. The molecule has 1 aliphatic rings. The summed E-state index contributed by atoms with van der Waals surface area (Å²) in [6.07, 6.45) is 4.43. The van der Waals surface area contributed by atoms with E-state index < -0.39 is 5.97 Å². The molecule has 0 fully saturated rings. The van der Waals surface area contributed by atoms with Crippen molar-refractivity contribution in [2.24, 2.45) is 0 Å². The summed E-state index contributed by atoms with van der Waals surface area (Å²) >= 11 is 1.17. The highest BCUT2D eigenvalue weighted by Crippen LogP contribution is 2.39. The van der Waals surface area contributed by atoms with Gasteiger partial charge in [-0.3, -0.25) is 0 Å². The van der Waals surface area contributed by atoms with Gasteiger partial charge < -0.3 is 5.11 Å². The van der Waals surface area contributed by atoms with Crippen molar-refractivity contribution in [3.8, 4) is 23.3 Å². The zero-order chi connectivity index (χ0) is 18.0. The zero-order valence-electron chi connectivity index (χ0n) is 13.7. The SMILES string of the molecule is CCc1sc(C(=O)O)c(-c2ccc([C@H]3CCC=C3C#N)cc2)c1C#N. The minimum atomic E-state index is -1.01. The Bertz CT molecular complexity index is 940. The number of hydrogen-bond donors (Lipinski definition) is 1. The number of thiophene rings is 1. The number of aryl methyl sites for hydroxylation is 1. The Morgan fingerprint density at radius 1 is 1.28 bits per heavy atom. The molecule has 25 heavy (non-hydrogen) atoms. The lowest BCUT2D eigenvalue weighted by atomic mass is 9.91. The third-order valence-electron chi connectivity index (χ3n) is 4.53. The first-order valence-corrected chi connectivity index (χ1v) is 8.91. The molecule has 1 aromatic carbocycles. The van der Waals surface area contributed by atoms with Gasteiger partial charge in [0, 0.05) is 21.9 Å². The van der Waals surface area contributed by atoms with E-state index in [2.05, 4.69) is 12.1 Å². The number of hydrogen-bond acceptors (Lipinski definition) is 4. The van der Waals surface area contributed by atoms with Crippen LogP contribution in [0.2, 0.25) is 0 Å². The second-order valence-corrected chi connectivity index (χ2v) is 7.00. The second-order valence-electron chi connectivity index (χ2n) is 5.90. The van der Waals surface area contributed by atoms with Crippen molar-refractivity contribution >= 4 is 17.3 Å². The molecule has 124 valence electrons. The van der Waals surface area contributed by atoms with Crippen molar-refractivity contribution in [2.45, 2.75) is 32.1 Å². The molecule has 1 atom stereocenters. The minimum absolute atomic E-state index is 0.113. The normalized spacial score (nSPS) is 16.1. The van der Waals surface area contributed by atoms with Gasteiger partial charge in [0.25, 0.3) is 0 Å². The van der Waals surface area contributed by atoms with Crippen LogP contribution in [0, 0.1) is 22.7 Å². The number of carboxylic acid groups (broad SMARTS) is 1. The third-order valence-corrected chi connectivity index (χ3v) is 5.86. The summed E-state index contributed by atoms with van der Waals surface area (Å²) in [5, 5.41) is 28.2. The second kappa shape index (κ2) is 6.93. The summed E-state index contributed by atoms with van der Waals surface area (Å²) in [4.78, 5) is 12.6. The van der Waals surface area contributed by atoms with Gasteiger partial charge in [0.15, 0.2) is 0 Å². The molecule has 1 aliphatic carbocycles. The molecule has 0 unspecified atom stereocenters. The molecular formula is C20H16N2O2S. The number of allylic oxidation sites excluding steroid dienone is 2. The van der Waals surface area contributed by atoms with E-state index in [1.165, 1.54) is 11.3 Å². The molecule has 5 heteroatoms. The summed E-state index contributed by atoms with van der Waals surface area (Å²) < 4.78 is 0. The van der Waals surface area contributed by atoms with E-state index in [0.29, 0.717) is 17.5 Å². The van der Waals surface area contributed by atoms with Crippen LogP contribution in [0.4, 0.5) is 0 Å². The fourth-order valence-electron chi connectivity index (χ4n) is 3.33. The van der Waals surface area contributed by atoms with Gasteiger partial charge in [0.1, 0.15) is 10.9 Å². The van der Waals surface area contributed by atoms with Crippen LogP contribution in [-0.4, -0.2) is 11.1 Å². The summed E-state index contributed by atoms with van der Waals surface area (Å²) in [5.41, 5.74) is 3.53. The van der Waals surface area contributed by atoms with E-state index in [1.807, 2.05) is 37.3 Å². The molecule has 1 aromatic heterocycles. The highest BCUT2D eigenvalue weighted by atomic mass is 32.1. The Morgan fingerprint density at radius 3 is 2.56 bits per heavy atom. The Morgan fingerprint density at radius 2 is 2.00 bits per heavy atom. The van der Waals surface area contributed by atoms with Crippen LogP contribution in [-0.2, 0) is 6.42 Å². The Kier molecular flexibility index (Phi) is 4.70. The van der Waals surface area contributed by atoms with Crippen molar-refractivity contribution in [1.82, 2.24) is 0 Å². The van der Waals surface area contributed by atoms with E-state index in [-0.39, 0.29) is 10.8 Å². The highest BCUT2D eigenvalue weighted by molar-refractivity contribution is 7.14. The van der Waals surface area contributed by atoms with Gasteiger partial charge in [-0.1, -0.05) is 37.3 Å². The van der Waals surface area contributed by atoms with Gasteiger partial charge in [-0.25, -0.2) is 4.79 Å². The number of rotatable bonds is 4. The standard InChI is InChI=1S/C20H16N2O2S/c1-2-17-16(11-22)18(19(25-17)20(23)24)13-8-6-12(7-9-13)15-5-3-4-14(15)10-21/h4,6-9,15H,2-3,5H2,1H3,(H,23,24)/t15-/m1/s1. The van der Waals surface area contributed by atoms with Gasteiger partial charge in [-0.15, -0.1) is 11.3 Å². The Hall–Kier alpha value is -2.89. The van der Waals surface area contributed by atoms with Gasteiger partial charge in [0.2, 0.25) is 0 Å². The quantitative estimate of drug-likeness (QED) is 0.853. The van der Waals surface area contributed by atoms with E-state index >= 15 is 0 Å². The minimum Gasteiger partial charge on any atom is -0.477 e. The molecule has 0 radical (unpaired) electrons. The lowest BCUT2D eigenvalue weighted by molar-refractivity contribution is 0.0703. The van der Waals surface area contributed by atoms with Gasteiger partial charge in [-0.2, -0.15) is 10.5 Å².